The first kappa shape index (κ1) is 13.0. The molecule has 1 aromatic rings. The van der Waals surface area contributed by atoms with Gasteiger partial charge >= 0.3 is 0 Å². The van der Waals surface area contributed by atoms with Crippen LogP contribution in [0.4, 0.5) is 4.39 Å². The maximum atomic E-state index is 13.1. The van der Waals surface area contributed by atoms with Gasteiger partial charge in [-0.1, -0.05) is 12.1 Å². The van der Waals surface area contributed by atoms with Crippen LogP contribution in [0.3, 0.4) is 0 Å². The minimum atomic E-state index is -0.220. The van der Waals surface area contributed by atoms with Crippen LogP contribution in [0.1, 0.15) is 18.4 Å². The number of likely N-dealkylation sites (tertiary alicyclic amines) is 1. The van der Waals surface area contributed by atoms with Gasteiger partial charge in [0.15, 0.2) is 0 Å². The van der Waals surface area contributed by atoms with Crippen molar-refractivity contribution in [1.29, 1.82) is 0 Å². The fourth-order valence-corrected chi connectivity index (χ4v) is 2.46. The zero-order valence-electron chi connectivity index (χ0n) is 10.9. The van der Waals surface area contributed by atoms with Crippen LogP contribution in [-0.2, 0) is 11.3 Å². The standard InChI is InChI=1S/C14H19FN2O/c1-16(2)14(18)13-7-4-8-17(13)10-11-5-3-6-12(15)9-11/h3,5-6,9,13H,4,7-8,10H2,1-2H3/t13-/m0/s1. The lowest BCUT2D eigenvalue weighted by Crippen LogP contribution is -2.42. The van der Waals surface area contributed by atoms with E-state index in [0.717, 1.165) is 24.9 Å². The molecule has 1 fully saturated rings. The molecule has 1 saturated heterocycles. The molecule has 0 radical (unpaired) electrons. The summed E-state index contributed by atoms with van der Waals surface area (Å²) >= 11 is 0. The van der Waals surface area contributed by atoms with Crippen molar-refractivity contribution in [3.63, 3.8) is 0 Å². The molecule has 0 aromatic heterocycles. The van der Waals surface area contributed by atoms with E-state index >= 15 is 0 Å². The summed E-state index contributed by atoms with van der Waals surface area (Å²) in [5, 5.41) is 0. The van der Waals surface area contributed by atoms with Crippen molar-refractivity contribution in [2.24, 2.45) is 0 Å². The van der Waals surface area contributed by atoms with Gasteiger partial charge in [-0.25, -0.2) is 4.39 Å². The summed E-state index contributed by atoms with van der Waals surface area (Å²) in [6.07, 6.45) is 1.92. The second kappa shape index (κ2) is 5.48. The van der Waals surface area contributed by atoms with Crippen molar-refractivity contribution >= 4 is 5.91 Å². The minimum Gasteiger partial charge on any atom is -0.347 e. The highest BCUT2D eigenvalue weighted by atomic mass is 19.1. The number of hydrogen-bond donors (Lipinski definition) is 0. The van der Waals surface area contributed by atoms with Crippen LogP contribution >= 0.6 is 0 Å². The number of carbonyl (C=O) groups excluding carboxylic acids is 1. The molecule has 0 saturated carbocycles. The van der Waals surface area contributed by atoms with Crippen molar-refractivity contribution in [2.75, 3.05) is 20.6 Å². The highest BCUT2D eigenvalue weighted by Gasteiger charge is 2.31. The molecular weight excluding hydrogens is 231 g/mol. The Bertz CT molecular complexity index is 434. The summed E-state index contributed by atoms with van der Waals surface area (Å²) in [5.41, 5.74) is 0.924. The Morgan fingerprint density at radius 1 is 1.50 bits per heavy atom. The first-order valence-electron chi connectivity index (χ1n) is 6.27. The van der Waals surface area contributed by atoms with Crippen molar-refractivity contribution < 1.29 is 9.18 Å². The van der Waals surface area contributed by atoms with Gasteiger partial charge < -0.3 is 4.90 Å². The summed E-state index contributed by atoms with van der Waals surface area (Å²) in [5.74, 6) is -0.0777. The third-order valence-corrected chi connectivity index (χ3v) is 3.36. The average Bonchev–Trinajstić information content (AvgIpc) is 2.76. The topological polar surface area (TPSA) is 23.6 Å². The molecule has 0 bridgehead atoms. The molecule has 2 rings (SSSR count). The summed E-state index contributed by atoms with van der Waals surface area (Å²) in [6, 6.07) is 6.54. The van der Waals surface area contributed by atoms with Crippen LogP contribution in [0.15, 0.2) is 24.3 Å². The summed E-state index contributed by atoms with van der Waals surface area (Å²) in [4.78, 5) is 15.8. The van der Waals surface area contributed by atoms with E-state index in [4.69, 9.17) is 0 Å². The van der Waals surface area contributed by atoms with Crippen molar-refractivity contribution in [3.05, 3.63) is 35.6 Å². The molecule has 1 aliphatic rings. The summed E-state index contributed by atoms with van der Waals surface area (Å²) < 4.78 is 13.1. The molecule has 0 N–H and O–H groups in total. The molecule has 18 heavy (non-hydrogen) atoms. The second-order valence-corrected chi connectivity index (χ2v) is 4.99. The molecule has 1 aromatic carbocycles. The van der Waals surface area contributed by atoms with Gasteiger partial charge in [0, 0.05) is 20.6 Å². The van der Waals surface area contributed by atoms with E-state index in [1.165, 1.54) is 12.1 Å². The molecule has 0 aliphatic carbocycles. The lowest BCUT2D eigenvalue weighted by Gasteiger charge is -2.26. The molecule has 0 spiro atoms. The van der Waals surface area contributed by atoms with Crippen molar-refractivity contribution in [2.45, 2.75) is 25.4 Å². The third-order valence-electron chi connectivity index (χ3n) is 3.36. The Hall–Kier alpha value is -1.42. The van der Waals surface area contributed by atoms with Gasteiger partial charge in [-0.15, -0.1) is 0 Å². The monoisotopic (exact) mass is 250 g/mol. The molecule has 3 nitrogen and oxygen atoms in total. The molecule has 1 atom stereocenters. The summed E-state index contributed by atoms with van der Waals surface area (Å²) in [6.45, 7) is 1.54. The molecular formula is C14H19FN2O. The van der Waals surface area contributed by atoms with Crippen LogP contribution in [0.25, 0.3) is 0 Å². The maximum Gasteiger partial charge on any atom is 0.239 e. The van der Waals surface area contributed by atoms with E-state index in [1.54, 1.807) is 25.1 Å². The first-order chi connectivity index (χ1) is 8.58. The van der Waals surface area contributed by atoms with Gasteiger partial charge in [-0.2, -0.15) is 0 Å². The van der Waals surface area contributed by atoms with Crippen LogP contribution in [-0.4, -0.2) is 42.4 Å². The fourth-order valence-electron chi connectivity index (χ4n) is 2.46. The zero-order valence-corrected chi connectivity index (χ0v) is 10.9. The predicted octanol–water partition coefficient (Wildman–Crippen LogP) is 1.88. The quantitative estimate of drug-likeness (QED) is 0.817. The number of halogens is 1. The van der Waals surface area contributed by atoms with Crippen LogP contribution in [0.5, 0.6) is 0 Å². The zero-order chi connectivity index (χ0) is 13.1. The Balaban J connectivity index is 2.06. The largest absolute Gasteiger partial charge is 0.347 e. The predicted molar refractivity (Wildman–Crippen MR) is 68.5 cm³/mol. The number of amides is 1. The van der Waals surface area contributed by atoms with Crippen molar-refractivity contribution in [3.8, 4) is 0 Å². The van der Waals surface area contributed by atoms with E-state index in [1.807, 2.05) is 6.07 Å². The van der Waals surface area contributed by atoms with Gasteiger partial charge in [0.25, 0.3) is 0 Å². The molecule has 1 amide bonds. The molecule has 4 heteroatoms. The second-order valence-electron chi connectivity index (χ2n) is 4.99. The number of likely N-dealkylation sites (N-methyl/N-ethyl adjacent to an activating group) is 1. The lowest BCUT2D eigenvalue weighted by molar-refractivity contribution is -0.133. The maximum absolute atomic E-state index is 13.1. The van der Waals surface area contributed by atoms with Gasteiger partial charge in [-0.3, -0.25) is 9.69 Å². The Labute approximate surface area is 107 Å². The van der Waals surface area contributed by atoms with E-state index in [-0.39, 0.29) is 17.8 Å². The molecule has 0 unspecified atom stereocenters. The normalized spacial score (nSPS) is 20.1. The average molecular weight is 250 g/mol. The smallest absolute Gasteiger partial charge is 0.239 e. The SMILES string of the molecule is CN(C)C(=O)[C@@H]1CCCN1Cc1cccc(F)c1. The number of nitrogens with zero attached hydrogens (tertiary/aromatic N) is 2. The Morgan fingerprint density at radius 2 is 2.28 bits per heavy atom. The summed E-state index contributed by atoms with van der Waals surface area (Å²) in [7, 11) is 3.56. The Kier molecular flexibility index (Phi) is 3.97. The van der Waals surface area contributed by atoms with Crippen LogP contribution in [0.2, 0.25) is 0 Å². The highest BCUT2D eigenvalue weighted by molar-refractivity contribution is 5.81. The molecule has 98 valence electrons. The third kappa shape index (κ3) is 2.88. The van der Waals surface area contributed by atoms with Crippen LogP contribution < -0.4 is 0 Å². The number of carbonyl (C=O) groups is 1. The number of hydrogen-bond acceptors (Lipinski definition) is 2. The van der Waals surface area contributed by atoms with E-state index in [9.17, 15) is 9.18 Å². The van der Waals surface area contributed by atoms with Gasteiger partial charge in [0.05, 0.1) is 6.04 Å². The van der Waals surface area contributed by atoms with Crippen LogP contribution in [0, 0.1) is 5.82 Å². The first-order valence-corrected chi connectivity index (χ1v) is 6.27. The van der Waals surface area contributed by atoms with E-state index in [2.05, 4.69) is 4.90 Å². The Morgan fingerprint density at radius 3 is 2.94 bits per heavy atom. The molecule has 1 aliphatic heterocycles. The lowest BCUT2D eigenvalue weighted by atomic mass is 10.1. The van der Waals surface area contributed by atoms with E-state index in [0.29, 0.717) is 6.54 Å². The molecule has 1 heterocycles. The van der Waals surface area contributed by atoms with Crippen molar-refractivity contribution in [1.82, 2.24) is 9.80 Å². The van der Waals surface area contributed by atoms with Gasteiger partial charge in [0.1, 0.15) is 5.82 Å². The fraction of sp³-hybridized carbons (Fsp3) is 0.500. The highest BCUT2D eigenvalue weighted by Crippen LogP contribution is 2.21. The number of benzene rings is 1. The number of rotatable bonds is 3. The van der Waals surface area contributed by atoms with Gasteiger partial charge in [0.2, 0.25) is 5.91 Å². The minimum absolute atomic E-state index is 0.0525. The van der Waals surface area contributed by atoms with E-state index < -0.39 is 0 Å². The van der Waals surface area contributed by atoms with Gasteiger partial charge in [-0.05, 0) is 37.1 Å².